The third-order valence-corrected chi connectivity index (χ3v) is 1.78. The zero-order valence-electron chi connectivity index (χ0n) is 9.67. The highest BCUT2D eigenvalue weighted by Gasteiger charge is 2.06. The molecule has 5 heteroatoms. The van der Waals surface area contributed by atoms with E-state index in [-0.39, 0.29) is 23.8 Å². The van der Waals surface area contributed by atoms with Gasteiger partial charge in [0.25, 0.3) is 0 Å². The summed E-state index contributed by atoms with van der Waals surface area (Å²) >= 11 is 0. The Bertz CT molecular complexity index is 215. The molecular formula is C10H21N3O2. The molecule has 0 aromatic carbocycles. The molecule has 0 aliphatic heterocycles. The first kappa shape index (κ1) is 13.9. The Labute approximate surface area is 90.8 Å². The predicted octanol–water partition coefficient (Wildman–Crippen LogP) is -0.388. The van der Waals surface area contributed by atoms with E-state index < -0.39 is 0 Å². The number of hydrogen-bond donors (Lipinski definition) is 3. The molecule has 5 nitrogen and oxygen atoms in total. The summed E-state index contributed by atoms with van der Waals surface area (Å²) in [7, 11) is 0. The number of hydrogen-bond acceptors (Lipinski definition) is 3. The van der Waals surface area contributed by atoms with Crippen molar-refractivity contribution in [3.63, 3.8) is 0 Å². The van der Waals surface area contributed by atoms with E-state index in [2.05, 4.69) is 10.6 Å². The van der Waals surface area contributed by atoms with Gasteiger partial charge in [0.15, 0.2) is 0 Å². The normalized spacial score (nSPS) is 12.3. The van der Waals surface area contributed by atoms with Crippen LogP contribution in [-0.2, 0) is 9.59 Å². The van der Waals surface area contributed by atoms with E-state index in [1.54, 1.807) is 6.92 Å². The minimum absolute atomic E-state index is 0.00329. The number of nitrogens with one attached hydrogen (secondary N) is 2. The first-order chi connectivity index (χ1) is 6.93. The van der Waals surface area contributed by atoms with Gasteiger partial charge in [-0.15, -0.1) is 0 Å². The molecule has 1 unspecified atom stereocenters. The molecule has 0 spiro atoms. The summed E-state index contributed by atoms with van der Waals surface area (Å²) in [6, 6.07) is -0.129. The topological polar surface area (TPSA) is 84.2 Å². The van der Waals surface area contributed by atoms with Crippen molar-refractivity contribution in [1.29, 1.82) is 0 Å². The molecule has 0 fully saturated rings. The second-order valence-electron chi connectivity index (χ2n) is 3.98. The monoisotopic (exact) mass is 215 g/mol. The van der Waals surface area contributed by atoms with Gasteiger partial charge in [-0.3, -0.25) is 9.59 Å². The lowest BCUT2D eigenvalue weighted by molar-refractivity contribution is -0.124. The Kier molecular flexibility index (Phi) is 6.70. The van der Waals surface area contributed by atoms with Crippen LogP contribution in [0.3, 0.4) is 0 Å². The van der Waals surface area contributed by atoms with E-state index in [0.29, 0.717) is 19.5 Å². The van der Waals surface area contributed by atoms with Gasteiger partial charge in [0.1, 0.15) is 0 Å². The highest BCUT2D eigenvalue weighted by atomic mass is 16.2. The first-order valence-electron chi connectivity index (χ1n) is 5.23. The van der Waals surface area contributed by atoms with Crippen LogP contribution in [0.5, 0.6) is 0 Å². The van der Waals surface area contributed by atoms with Gasteiger partial charge in [0.2, 0.25) is 11.8 Å². The van der Waals surface area contributed by atoms with Gasteiger partial charge in [-0.05, 0) is 6.92 Å². The van der Waals surface area contributed by atoms with Crippen molar-refractivity contribution >= 4 is 11.8 Å². The second-order valence-corrected chi connectivity index (χ2v) is 3.98. The quantitative estimate of drug-likeness (QED) is 0.528. The van der Waals surface area contributed by atoms with Crippen LogP contribution in [0, 0.1) is 5.92 Å². The number of carbonyl (C=O) groups is 2. The summed E-state index contributed by atoms with van der Waals surface area (Å²) in [5.74, 6) is -0.106. The van der Waals surface area contributed by atoms with E-state index in [1.165, 1.54) is 0 Å². The van der Waals surface area contributed by atoms with Crippen LogP contribution in [-0.4, -0.2) is 30.9 Å². The van der Waals surface area contributed by atoms with Gasteiger partial charge in [-0.25, -0.2) is 0 Å². The van der Waals surface area contributed by atoms with Crippen molar-refractivity contribution in [2.24, 2.45) is 11.7 Å². The van der Waals surface area contributed by atoms with E-state index in [1.807, 2.05) is 13.8 Å². The molecule has 0 bridgehead atoms. The fourth-order valence-electron chi connectivity index (χ4n) is 0.956. The minimum Gasteiger partial charge on any atom is -0.354 e. The van der Waals surface area contributed by atoms with E-state index in [0.717, 1.165) is 0 Å². The molecule has 1 atom stereocenters. The maximum Gasteiger partial charge on any atom is 0.222 e. The summed E-state index contributed by atoms with van der Waals surface area (Å²) in [6.45, 7) is 6.33. The van der Waals surface area contributed by atoms with Crippen LogP contribution in [0.25, 0.3) is 0 Å². The summed E-state index contributed by atoms with van der Waals surface area (Å²) < 4.78 is 0. The Hall–Kier alpha value is -1.10. The van der Waals surface area contributed by atoms with Crippen LogP contribution in [0.4, 0.5) is 0 Å². The molecule has 4 N–H and O–H groups in total. The average Bonchev–Trinajstić information content (AvgIpc) is 2.10. The predicted molar refractivity (Wildman–Crippen MR) is 59.1 cm³/mol. The number of nitrogens with two attached hydrogens (primary N) is 1. The van der Waals surface area contributed by atoms with Crippen molar-refractivity contribution in [2.75, 3.05) is 13.1 Å². The largest absolute Gasteiger partial charge is 0.354 e. The van der Waals surface area contributed by atoms with Gasteiger partial charge in [-0.1, -0.05) is 13.8 Å². The number of rotatable bonds is 6. The maximum atomic E-state index is 11.1. The molecule has 0 aliphatic rings. The molecule has 0 saturated carbocycles. The molecule has 0 aliphatic carbocycles. The Morgan fingerprint density at radius 3 is 2.13 bits per heavy atom. The SMILES string of the molecule is CC(N)CC(=O)NCCNC(=O)C(C)C. The molecule has 0 heterocycles. The molecule has 0 rings (SSSR count). The van der Waals surface area contributed by atoms with Crippen molar-refractivity contribution in [1.82, 2.24) is 10.6 Å². The van der Waals surface area contributed by atoms with E-state index in [4.69, 9.17) is 5.73 Å². The molecule has 0 aromatic heterocycles. The lowest BCUT2D eigenvalue weighted by atomic mass is 10.2. The van der Waals surface area contributed by atoms with Crippen LogP contribution in [0.1, 0.15) is 27.2 Å². The van der Waals surface area contributed by atoms with Crippen molar-refractivity contribution in [3.05, 3.63) is 0 Å². The Morgan fingerprint density at radius 1 is 1.13 bits per heavy atom. The van der Waals surface area contributed by atoms with Gasteiger partial charge < -0.3 is 16.4 Å². The van der Waals surface area contributed by atoms with Gasteiger partial charge in [0, 0.05) is 31.5 Å². The Morgan fingerprint density at radius 2 is 1.67 bits per heavy atom. The standard InChI is InChI=1S/C10H21N3O2/c1-7(2)10(15)13-5-4-12-9(14)6-8(3)11/h7-8H,4-6,11H2,1-3H3,(H,12,14)(H,13,15). The van der Waals surface area contributed by atoms with Crippen LogP contribution in [0.15, 0.2) is 0 Å². The maximum absolute atomic E-state index is 11.1. The number of carbonyl (C=O) groups excluding carboxylic acids is 2. The molecule has 0 radical (unpaired) electrons. The van der Waals surface area contributed by atoms with Crippen molar-refractivity contribution < 1.29 is 9.59 Å². The fourth-order valence-corrected chi connectivity index (χ4v) is 0.956. The van der Waals surface area contributed by atoms with Gasteiger partial charge in [-0.2, -0.15) is 0 Å². The molecule has 2 amide bonds. The Balaban J connectivity index is 3.46. The van der Waals surface area contributed by atoms with Crippen LogP contribution >= 0.6 is 0 Å². The summed E-state index contributed by atoms with van der Waals surface area (Å²) in [4.78, 5) is 22.2. The number of amides is 2. The molecule has 0 aromatic rings. The lowest BCUT2D eigenvalue weighted by Gasteiger charge is -2.09. The zero-order chi connectivity index (χ0) is 11.8. The summed E-state index contributed by atoms with van der Waals surface area (Å²) in [5, 5.41) is 5.38. The molecule has 0 saturated heterocycles. The third-order valence-electron chi connectivity index (χ3n) is 1.78. The van der Waals surface area contributed by atoms with Crippen molar-refractivity contribution in [3.8, 4) is 0 Å². The molecule has 88 valence electrons. The van der Waals surface area contributed by atoms with Gasteiger partial charge in [0.05, 0.1) is 0 Å². The minimum atomic E-state index is -0.129. The van der Waals surface area contributed by atoms with E-state index in [9.17, 15) is 9.59 Å². The first-order valence-corrected chi connectivity index (χ1v) is 5.23. The summed E-state index contributed by atoms with van der Waals surface area (Å²) in [6.07, 6.45) is 0.318. The highest BCUT2D eigenvalue weighted by molar-refractivity contribution is 5.78. The summed E-state index contributed by atoms with van der Waals surface area (Å²) in [5.41, 5.74) is 5.45. The van der Waals surface area contributed by atoms with Crippen molar-refractivity contribution in [2.45, 2.75) is 33.2 Å². The fraction of sp³-hybridized carbons (Fsp3) is 0.800. The molecular weight excluding hydrogens is 194 g/mol. The molecule has 15 heavy (non-hydrogen) atoms. The zero-order valence-corrected chi connectivity index (χ0v) is 9.67. The van der Waals surface area contributed by atoms with Gasteiger partial charge >= 0.3 is 0 Å². The second kappa shape index (κ2) is 7.23. The lowest BCUT2D eigenvalue weighted by Crippen LogP contribution is -2.37. The highest BCUT2D eigenvalue weighted by Crippen LogP contribution is 1.89. The smallest absolute Gasteiger partial charge is 0.222 e. The average molecular weight is 215 g/mol. The third kappa shape index (κ3) is 7.93. The van der Waals surface area contributed by atoms with E-state index >= 15 is 0 Å². The van der Waals surface area contributed by atoms with Crippen LogP contribution < -0.4 is 16.4 Å². The van der Waals surface area contributed by atoms with Crippen LogP contribution in [0.2, 0.25) is 0 Å².